The third-order valence-electron chi connectivity index (χ3n) is 12.6. The number of aliphatic hydroxyl groups is 4. The SMILES string of the molecule is CCC1OC(=O)C(C)C(OC2CC(C)(OC)C([O-])C(C)O2)C(C)C(OC2OC(C)CC(N(C)C)C2O)C(C)(O)CC(C)/C(=N\OCOCCOC)C(C)C(O)C1(C)O. The lowest BCUT2D eigenvalue weighted by molar-refractivity contribution is -0.493. The number of likely N-dealkylation sites (N-methyl/N-ethyl adjacent to an activating group) is 1. The molecule has 0 spiro atoms. The number of carbonyl (C=O) groups is 1. The Kier molecular flexibility index (Phi) is 18.8. The van der Waals surface area contributed by atoms with Crippen LogP contribution in [0.2, 0.25) is 0 Å². The summed E-state index contributed by atoms with van der Waals surface area (Å²) in [4.78, 5) is 21.8. The first-order chi connectivity index (χ1) is 27.0. The molecule has 0 aromatic carbocycles. The maximum absolute atomic E-state index is 14.3. The van der Waals surface area contributed by atoms with Crippen LogP contribution in [0.5, 0.6) is 0 Å². The molecule has 0 aromatic rings. The minimum absolute atomic E-state index is 0.0316. The summed E-state index contributed by atoms with van der Waals surface area (Å²) in [6, 6.07) is -0.334. The standard InChI is InChI=1S/C41H75N2O15/c1-15-29-41(10,49)34(45)24(4)31(42-53-21-52-17-16-50-13)22(2)19-39(8,48)36(58-38-32(44)28(43(11)12)18-23(3)54-38)25(5)33(26(6)37(47)56-29)57-30-20-40(9,51-14)35(46)27(7)55-30/h22-30,32-36,38,44-45,48-49H,15-21H2,1-14H3/q-1/b42-31+. The van der Waals surface area contributed by atoms with Crippen LogP contribution in [0, 0.1) is 23.7 Å². The number of hydrogen-bond acceptors (Lipinski definition) is 17. The molecule has 18 atom stereocenters. The zero-order chi connectivity index (χ0) is 43.9. The van der Waals surface area contributed by atoms with Gasteiger partial charge in [0.15, 0.2) is 12.6 Å². The van der Waals surface area contributed by atoms with Crippen LogP contribution in [0.15, 0.2) is 5.16 Å². The second-order valence-electron chi connectivity index (χ2n) is 17.7. The van der Waals surface area contributed by atoms with Gasteiger partial charge in [-0.2, -0.15) is 0 Å². The van der Waals surface area contributed by atoms with Gasteiger partial charge in [-0.15, -0.1) is 0 Å². The van der Waals surface area contributed by atoms with Gasteiger partial charge in [0.1, 0.15) is 17.8 Å². The number of methoxy groups -OCH3 is 2. The summed E-state index contributed by atoms with van der Waals surface area (Å²) in [6.07, 6.45) is -10.0. The minimum Gasteiger partial charge on any atom is -0.848 e. The van der Waals surface area contributed by atoms with E-state index in [-0.39, 0.29) is 44.8 Å². The van der Waals surface area contributed by atoms with E-state index in [9.17, 15) is 30.3 Å². The molecule has 0 aliphatic carbocycles. The molecular weight excluding hydrogens is 760 g/mol. The summed E-state index contributed by atoms with van der Waals surface area (Å²) in [5.41, 5.74) is -4.63. The number of carbonyl (C=O) groups excluding carboxylic acids is 1. The van der Waals surface area contributed by atoms with Gasteiger partial charge in [-0.1, -0.05) is 39.0 Å². The maximum Gasteiger partial charge on any atom is 0.311 e. The Morgan fingerprint density at radius 2 is 1.60 bits per heavy atom. The Balaban J connectivity index is 2.22. The minimum atomic E-state index is -1.97. The molecule has 3 rings (SSSR count). The summed E-state index contributed by atoms with van der Waals surface area (Å²) >= 11 is 0. The van der Waals surface area contributed by atoms with Crippen LogP contribution in [-0.4, -0.2) is 170 Å². The number of oxime groups is 1. The Bertz CT molecular complexity index is 1300. The van der Waals surface area contributed by atoms with E-state index in [2.05, 4.69) is 5.16 Å². The Morgan fingerprint density at radius 3 is 2.19 bits per heavy atom. The molecule has 58 heavy (non-hydrogen) atoms. The van der Waals surface area contributed by atoms with Crippen molar-refractivity contribution in [3.05, 3.63) is 0 Å². The van der Waals surface area contributed by atoms with Crippen molar-refractivity contribution in [3.63, 3.8) is 0 Å². The van der Waals surface area contributed by atoms with Crippen molar-refractivity contribution in [1.29, 1.82) is 0 Å². The average Bonchev–Trinajstić information content (AvgIpc) is 3.15. The molecule has 0 saturated carbocycles. The van der Waals surface area contributed by atoms with E-state index < -0.39 is 102 Å². The lowest BCUT2D eigenvalue weighted by Crippen LogP contribution is -2.63. The number of aliphatic hydroxyl groups excluding tert-OH is 2. The van der Waals surface area contributed by atoms with Gasteiger partial charge in [-0.3, -0.25) is 4.79 Å². The molecule has 3 aliphatic heterocycles. The molecule has 3 heterocycles. The van der Waals surface area contributed by atoms with Crippen LogP contribution in [0.4, 0.5) is 0 Å². The predicted octanol–water partition coefficient (Wildman–Crippen LogP) is 1.58. The van der Waals surface area contributed by atoms with Crippen molar-refractivity contribution >= 4 is 11.7 Å². The highest BCUT2D eigenvalue weighted by atomic mass is 16.7. The van der Waals surface area contributed by atoms with Crippen LogP contribution in [0.3, 0.4) is 0 Å². The van der Waals surface area contributed by atoms with Crippen LogP contribution in [0.1, 0.15) is 94.9 Å². The van der Waals surface area contributed by atoms with E-state index in [4.69, 9.17) is 42.7 Å². The van der Waals surface area contributed by atoms with E-state index in [0.29, 0.717) is 18.7 Å². The quantitative estimate of drug-likeness (QED) is 0.0896. The molecule has 0 radical (unpaired) electrons. The van der Waals surface area contributed by atoms with Crippen molar-refractivity contribution in [1.82, 2.24) is 4.90 Å². The van der Waals surface area contributed by atoms with Gasteiger partial charge in [-0.25, -0.2) is 0 Å². The van der Waals surface area contributed by atoms with Gasteiger partial charge in [0.2, 0.25) is 6.79 Å². The van der Waals surface area contributed by atoms with Gasteiger partial charge in [0.05, 0.1) is 60.5 Å². The summed E-state index contributed by atoms with van der Waals surface area (Å²) < 4.78 is 47.9. The number of cyclic esters (lactones) is 1. The molecule has 340 valence electrons. The summed E-state index contributed by atoms with van der Waals surface area (Å²) in [7, 11) is 6.71. The summed E-state index contributed by atoms with van der Waals surface area (Å²) in [5, 5.41) is 65.8. The lowest BCUT2D eigenvalue weighted by Gasteiger charge is -2.52. The first kappa shape index (κ1) is 50.8. The fourth-order valence-electron chi connectivity index (χ4n) is 8.92. The number of hydrogen-bond donors (Lipinski definition) is 4. The second-order valence-corrected chi connectivity index (χ2v) is 17.7. The van der Waals surface area contributed by atoms with Crippen molar-refractivity contribution in [3.8, 4) is 0 Å². The predicted molar refractivity (Wildman–Crippen MR) is 210 cm³/mol. The summed E-state index contributed by atoms with van der Waals surface area (Å²) in [5.74, 6) is -4.20. The second kappa shape index (κ2) is 21.5. The molecular formula is C41H75N2O15-. The molecule has 0 bridgehead atoms. The van der Waals surface area contributed by atoms with Gasteiger partial charge < -0.3 is 73.2 Å². The molecule has 17 nitrogen and oxygen atoms in total. The Hall–Kier alpha value is -1.58. The molecule has 3 fully saturated rings. The van der Waals surface area contributed by atoms with E-state index in [1.807, 2.05) is 25.9 Å². The number of ether oxygens (including phenoxy) is 8. The maximum atomic E-state index is 14.3. The number of esters is 1. The number of nitrogens with zero attached hydrogens (tertiary/aromatic N) is 2. The highest BCUT2D eigenvalue weighted by Gasteiger charge is 2.52. The van der Waals surface area contributed by atoms with Crippen molar-refractivity contribution < 1.29 is 73.1 Å². The first-order valence-corrected chi connectivity index (χ1v) is 20.7. The molecule has 0 aromatic heterocycles. The third-order valence-corrected chi connectivity index (χ3v) is 12.6. The van der Waals surface area contributed by atoms with Crippen LogP contribution in [-0.2, 0) is 47.5 Å². The average molecular weight is 836 g/mol. The fourth-order valence-corrected chi connectivity index (χ4v) is 8.92. The lowest BCUT2D eigenvalue weighted by atomic mass is 9.73. The zero-order valence-corrected chi connectivity index (χ0v) is 37.3. The monoisotopic (exact) mass is 836 g/mol. The van der Waals surface area contributed by atoms with E-state index >= 15 is 0 Å². The van der Waals surface area contributed by atoms with Crippen LogP contribution in [0.25, 0.3) is 0 Å². The molecule has 18 unspecified atom stereocenters. The van der Waals surface area contributed by atoms with Crippen molar-refractivity contribution in [2.24, 2.45) is 28.8 Å². The van der Waals surface area contributed by atoms with Gasteiger partial charge >= 0.3 is 5.97 Å². The highest BCUT2D eigenvalue weighted by molar-refractivity contribution is 5.88. The smallest absolute Gasteiger partial charge is 0.311 e. The highest BCUT2D eigenvalue weighted by Crippen LogP contribution is 2.40. The molecule has 17 heteroatoms. The molecule has 0 amide bonds. The molecule has 3 saturated heterocycles. The Morgan fingerprint density at radius 1 is 0.948 bits per heavy atom. The molecule has 3 aliphatic rings. The summed E-state index contributed by atoms with van der Waals surface area (Å²) in [6.45, 7) is 17.1. The number of rotatable bonds is 13. The van der Waals surface area contributed by atoms with E-state index in [0.717, 1.165) is 0 Å². The van der Waals surface area contributed by atoms with Crippen molar-refractivity contribution in [2.45, 2.75) is 179 Å². The van der Waals surface area contributed by atoms with Crippen LogP contribution >= 0.6 is 0 Å². The molecule has 4 N–H and O–H groups in total. The van der Waals surface area contributed by atoms with Crippen LogP contribution < -0.4 is 5.11 Å². The largest absolute Gasteiger partial charge is 0.848 e. The van der Waals surface area contributed by atoms with E-state index in [1.165, 1.54) is 14.0 Å². The topological polar surface area (TPSA) is 220 Å². The Labute approximate surface area is 345 Å². The first-order valence-electron chi connectivity index (χ1n) is 20.7. The zero-order valence-electron chi connectivity index (χ0n) is 37.3. The van der Waals surface area contributed by atoms with Gasteiger partial charge in [-0.05, 0) is 74.9 Å². The normalized spacial score (nSPS) is 45.8. The third kappa shape index (κ3) is 12.1. The van der Waals surface area contributed by atoms with Crippen molar-refractivity contribution in [2.75, 3.05) is 48.3 Å². The van der Waals surface area contributed by atoms with Gasteiger partial charge in [0, 0.05) is 50.5 Å². The van der Waals surface area contributed by atoms with Gasteiger partial charge in [0.25, 0.3) is 0 Å². The van der Waals surface area contributed by atoms with E-state index in [1.54, 1.807) is 62.5 Å². The fraction of sp³-hybridized carbons (Fsp3) is 0.951.